The molecule has 0 amide bonds. The summed E-state index contributed by atoms with van der Waals surface area (Å²) in [5, 5.41) is 0. The van der Waals surface area contributed by atoms with Gasteiger partial charge in [-0.05, 0) is 0 Å². The summed E-state index contributed by atoms with van der Waals surface area (Å²) in [6, 6.07) is 16.1. The Labute approximate surface area is 126 Å². The molecule has 0 fully saturated rings. The monoisotopic (exact) mass is 291 g/mol. The number of aromatic nitrogens is 3. The highest BCUT2D eigenvalue weighted by Gasteiger charge is 2.10. The van der Waals surface area contributed by atoms with Crippen LogP contribution in [0.2, 0.25) is 0 Å². The minimum Gasteiger partial charge on any atom is -0.368 e. The van der Waals surface area contributed by atoms with Crippen molar-refractivity contribution in [3.63, 3.8) is 0 Å². The maximum Gasteiger partial charge on any atom is 0.225 e. The van der Waals surface area contributed by atoms with Crippen molar-refractivity contribution >= 4 is 17.7 Å². The Morgan fingerprint density at radius 3 is 1.86 bits per heavy atom. The van der Waals surface area contributed by atoms with E-state index in [0.717, 1.165) is 0 Å². The third-order valence-electron chi connectivity index (χ3n) is 3.11. The van der Waals surface area contributed by atoms with E-state index in [1.165, 1.54) is 0 Å². The number of benzene rings is 2. The molecule has 4 N–H and O–H groups in total. The molecule has 0 bridgehead atoms. The quantitative estimate of drug-likeness (QED) is 0.714. The number of anilines is 2. The largest absolute Gasteiger partial charge is 0.368 e. The lowest BCUT2D eigenvalue weighted by Crippen LogP contribution is -2.04. The van der Waals surface area contributed by atoms with Gasteiger partial charge in [0, 0.05) is 16.7 Å². The number of nitrogens with zero attached hydrogens (tertiary/aromatic N) is 3. The van der Waals surface area contributed by atoms with Crippen LogP contribution in [0.4, 0.5) is 11.9 Å². The van der Waals surface area contributed by atoms with Gasteiger partial charge in [0.15, 0.2) is 11.6 Å². The molecule has 0 radical (unpaired) electrons. The first-order valence-corrected chi connectivity index (χ1v) is 6.61. The number of ketones is 1. The van der Waals surface area contributed by atoms with E-state index >= 15 is 0 Å². The van der Waals surface area contributed by atoms with Crippen molar-refractivity contribution in [2.45, 2.75) is 0 Å². The van der Waals surface area contributed by atoms with Crippen LogP contribution in [0.5, 0.6) is 0 Å². The van der Waals surface area contributed by atoms with Crippen LogP contribution in [0.25, 0.3) is 11.4 Å². The predicted octanol–water partition coefficient (Wildman–Crippen LogP) is 1.93. The lowest BCUT2D eigenvalue weighted by molar-refractivity contribution is 0.103. The minimum atomic E-state index is -0.0400. The zero-order chi connectivity index (χ0) is 15.5. The molecule has 6 nitrogen and oxygen atoms in total. The average Bonchev–Trinajstić information content (AvgIpc) is 2.54. The molecule has 22 heavy (non-hydrogen) atoms. The molecule has 2 aromatic carbocycles. The van der Waals surface area contributed by atoms with Crippen LogP contribution in [0, 0.1) is 0 Å². The molecule has 0 aliphatic heterocycles. The third kappa shape index (κ3) is 2.76. The molecular formula is C16H13N5O. The van der Waals surface area contributed by atoms with Crippen molar-refractivity contribution in [1.29, 1.82) is 0 Å². The van der Waals surface area contributed by atoms with Gasteiger partial charge < -0.3 is 11.5 Å². The minimum absolute atomic E-state index is 0.0400. The van der Waals surface area contributed by atoms with Crippen LogP contribution in [0.15, 0.2) is 54.6 Å². The fourth-order valence-electron chi connectivity index (χ4n) is 2.07. The van der Waals surface area contributed by atoms with Crippen molar-refractivity contribution in [2.24, 2.45) is 0 Å². The molecule has 0 saturated heterocycles. The van der Waals surface area contributed by atoms with Gasteiger partial charge in [-0.2, -0.15) is 15.0 Å². The summed E-state index contributed by atoms with van der Waals surface area (Å²) in [7, 11) is 0. The maximum atomic E-state index is 12.3. The summed E-state index contributed by atoms with van der Waals surface area (Å²) in [6.45, 7) is 0. The van der Waals surface area contributed by atoms with E-state index in [4.69, 9.17) is 11.5 Å². The Bertz CT molecular complexity index is 795. The van der Waals surface area contributed by atoms with Gasteiger partial charge in [0.05, 0.1) is 0 Å². The molecule has 1 aromatic heterocycles. The normalized spacial score (nSPS) is 10.4. The van der Waals surface area contributed by atoms with Crippen LogP contribution in [-0.2, 0) is 0 Å². The standard InChI is InChI=1S/C16H13N5O/c17-15-19-14(20-16(18)21-15)12-8-6-11(7-9-12)13(22)10-4-2-1-3-5-10/h1-9H,(H4,17,18,19,20,21). The maximum absolute atomic E-state index is 12.3. The number of nitrogens with two attached hydrogens (primary N) is 2. The van der Waals surface area contributed by atoms with Gasteiger partial charge in [-0.25, -0.2) is 0 Å². The van der Waals surface area contributed by atoms with E-state index in [-0.39, 0.29) is 17.7 Å². The van der Waals surface area contributed by atoms with Gasteiger partial charge in [-0.3, -0.25) is 4.79 Å². The second-order valence-corrected chi connectivity index (χ2v) is 4.65. The van der Waals surface area contributed by atoms with E-state index in [0.29, 0.717) is 22.5 Å². The number of carbonyl (C=O) groups excluding carboxylic acids is 1. The molecule has 0 aliphatic rings. The Kier molecular flexibility index (Phi) is 3.49. The van der Waals surface area contributed by atoms with E-state index in [2.05, 4.69) is 15.0 Å². The molecule has 3 aromatic rings. The topological polar surface area (TPSA) is 108 Å². The molecular weight excluding hydrogens is 278 g/mol. The van der Waals surface area contributed by atoms with Crippen LogP contribution < -0.4 is 11.5 Å². The zero-order valence-electron chi connectivity index (χ0n) is 11.6. The van der Waals surface area contributed by atoms with Crippen molar-refractivity contribution in [3.8, 4) is 11.4 Å². The smallest absolute Gasteiger partial charge is 0.225 e. The highest BCUT2D eigenvalue weighted by molar-refractivity contribution is 6.09. The number of hydrogen-bond donors (Lipinski definition) is 2. The molecule has 6 heteroatoms. The van der Waals surface area contributed by atoms with Gasteiger partial charge >= 0.3 is 0 Å². The van der Waals surface area contributed by atoms with E-state index in [9.17, 15) is 4.79 Å². The van der Waals surface area contributed by atoms with E-state index < -0.39 is 0 Å². The van der Waals surface area contributed by atoms with E-state index in [1.807, 2.05) is 18.2 Å². The second kappa shape index (κ2) is 5.61. The van der Waals surface area contributed by atoms with Crippen LogP contribution in [-0.4, -0.2) is 20.7 Å². The fraction of sp³-hybridized carbons (Fsp3) is 0. The predicted molar refractivity (Wildman–Crippen MR) is 84.0 cm³/mol. The SMILES string of the molecule is Nc1nc(N)nc(-c2ccc(C(=O)c3ccccc3)cc2)n1. The number of nitrogen functional groups attached to an aromatic ring is 2. The first-order chi connectivity index (χ1) is 10.6. The molecule has 0 spiro atoms. The Morgan fingerprint density at radius 1 is 0.727 bits per heavy atom. The van der Waals surface area contributed by atoms with Gasteiger partial charge in [-0.1, -0.05) is 54.6 Å². The summed E-state index contributed by atoms with van der Waals surface area (Å²) in [5.74, 6) is 0.462. The third-order valence-corrected chi connectivity index (χ3v) is 3.11. The average molecular weight is 291 g/mol. The van der Waals surface area contributed by atoms with Crippen LogP contribution in [0.3, 0.4) is 0 Å². The molecule has 0 saturated carbocycles. The van der Waals surface area contributed by atoms with Gasteiger partial charge in [0.25, 0.3) is 0 Å². The molecule has 0 unspecified atom stereocenters. The summed E-state index contributed by atoms with van der Waals surface area (Å²) in [5.41, 5.74) is 13.1. The van der Waals surface area contributed by atoms with Crippen molar-refractivity contribution in [2.75, 3.05) is 11.5 Å². The number of hydrogen-bond acceptors (Lipinski definition) is 6. The fourth-order valence-corrected chi connectivity index (χ4v) is 2.07. The molecule has 0 aliphatic carbocycles. The lowest BCUT2D eigenvalue weighted by Gasteiger charge is -2.04. The Hall–Kier alpha value is -3.28. The van der Waals surface area contributed by atoms with Crippen molar-refractivity contribution < 1.29 is 4.79 Å². The van der Waals surface area contributed by atoms with Gasteiger partial charge in [0.2, 0.25) is 11.9 Å². The van der Waals surface area contributed by atoms with Crippen molar-refractivity contribution in [1.82, 2.24) is 15.0 Å². The lowest BCUT2D eigenvalue weighted by atomic mass is 10.0. The van der Waals surface area contributed by atoms with E-state index in [1.54, 1.807) is 36.4 Å². The first kappa shape index (κ1) is 13.7. The Morgan fingerprint density at radius 2 is 1.27 bits per heavy atom. The summed E-state index contributed by atoms with van der Waals surface area (Å²) in [4.78, 5) is 24.1. The summed E-state index contributed by atoms with van der Waals surface area (Å²) in [6.07, 6.45) is 0. The molecule has 108 valence electrons. The van der Waals surface area contributed by atoms with Gasteiger partial charge in [0.1, 0.15) is 0 Å². The van der Waals surface area contributed by atoms with Crippen LogP contribution >= 0.6 is 0 Å². The highest BCUT2D eigenvalue weighted by atomic mass is 16.1. The number of rotatable bonds is 3. The zero-order valence-corrected chi connectivity index (χ0v) is 11.6. The van der Waals surface area contributed by atoms with Gasteiger partial charge in [-0.15, -0.1) is 0 Å². The van der Waals surface area contributed by atoms with Crippen molar-refractivity contribution in [3.05, 3.63) is 65.7 Å². The first-order valence-electron chi connectivity index (χ1n) is 6.61. The molecule has 0 atom stereocenters. The van der Waals surface area contributed by atoms with Crippen LogP contribution in [0.1, 0.15) is 15.9 Å². The summed E-state index contributed by atoms with van der Waals surface area (Å²) >= 11 is 0. The summed E-state index contributed by atoms with van der Waals surface area (Å²) < 4.78 is 0. The highest BCUT2D eigenvalue weighted by Crippen LogP contribution is 2.18. The number of carbonyl (C=O) groups is 1. The second-order valence-electron chi connectivity index (χ2n) is 4.65. The molecule has 1 heterocycles. The molecule has 3 rings (SSSR count). The Balaban J connectivity index is 1.91.